The first-order valence-corrected chi connectivity index (χ1v) is 5.97. The highest BCUT2D eigenvalue weighted by Gasteiger charge is 2.24. The highest BCUT2D eigenvalue weighted by molar-refractivity contribution is 5.51. The summed E-state index contributed by atoms with van der Waals surface area (Å²) in [4.78, 5) is 14.1. The van der Waals surface area contributed by atoms with Crippen molar-refractivity contribution >= 4 is 11.6 Å². The summed E-state index contributed by atoms with van der Waals surface area (Å²) in [6.45, 7) is 3.05. The van der Waals surface area contributed by atoms with E-state index in [-0.39, 0.29) is 5.82 Å². The van der Waals surface area contributed by atoms with Gasteiger partial charge in [-0.3, -0.25) is 4.57 Å². The molecule has 1 aromatic rings. The topological polar surface area (TPSA) is 73.0 Å². The van der Waals surface area contributed by atoms with E-state index >= 15 is 0 Å². The second kappa shape index (κ2) is 4.73. The molecule has 1 aromatic heterocycles. The molecule has 1 heterocycles. The first kappa shape index (κ1) is 11.9. The van der Waals surface area contributed by atoms with Crippen molar-refractivity contribution in [2.75, 3.05) is 11.9 Å². The Kier molecular flexibility index (Phi) is 3.31. The number of nitro groups is 1. The molecular weight excluding hydrogens is 220 g/mol. The summed E-state index contributed by atoms with van der Waals surface area (Å²) in [6.07, 6.45) is 5.15. The zero-order valence-electron chi connectivity index (χ0n) is 10.2. The average molecular weight is 238 g/mol. The molecule has 6 heteroatoms. The number of hydrogen-bond donors (Lipinski definition) is 1. The maximum atomic E-state index is 10.8. The Labute approximate surface area is 100 Å². The van der Waals surface area contributed by atoms with Crippen molar-refractivity contribution in [2.24, 2.45) is 18.9 Å². The van der Waals surface area contributed by atoms with Gasteiger partial charge in [0.25, 0.3) is 0 Å². The van der Waals surface area contributed by atoms with Crippen LogP contribution in [0.2, 0.25) is 0 Å². The molecule has 2 atom stereocenters. The lowest BCUT2D eigenvalue weighted by Crippen LogP contribution is -2.14. The van der Waals surface area contributed by atoms with Gasteiger partial charge in [-0.05, 0) is 34.6 Å². The van der Waals surface area contributed by atoms with Crippen LogP contribution in [-0.4, -0.2) is 21.0 Å². The van der Waals surface area contributed by atoms with Gasteiger partial charge in [-0.1, -0.05) is 13.3 Å². The average Bonchev–Trinajstić information content (AvgIpc) is 2.82. The van der Waals surface area contributed by atoms with Crippen molar-refractivity contribution in [1.29, 1.82) is 0 Å². The Balaban J connectivity index is 1.99. The van der Waals surface area contributed by atoms with E-state index in [0.29, 0.717) is 11.7 Å². The van der Waals surface area contributed by atoms with Crippen LogP contribution in [0, 0.1) is 22.0 Å². The molecule has 17 heavy (non-hydrogen) atoms. The molecule has 0 aromatic carbocycles. The molecule has 0 saturated heterocycles. The van der Waals surface area contributed by atoms with Gasteiger partial charge in [0, 0.05) is 13.6 Å². The summed E-state index contributed by atoms with van der Waals surface area (Å²) in [5.41, 5.74) is 0. The largest absolute Gasteiger partial charge is 0.406 e. The van der Waals surface area contributed by atoms with Crippen LogP contribution in [0.15, 0.2) is 6.33 Å². The molecule has 0 radical (unpaired) electrons. The van der Waals surface area contributed by atoms with E-state index in [1.165, 1.54) is 25.6 Å². The first-order chi connectivity index (χ1) is 8.08. The molecule has 1 N–H and O–H groups in total. The van der Waals surface area contributed by atoms with Crippen LogP contribution in [0.3, 0.4) is 0 Å². The van der Waals surface area contributed by atoms with Crippen LogP contribution >= 0.6 is 0 Å². The standard InChI is InChI=1S/C11H18N4O2/c1-8-3-4-9(5-8)6-12-10-11(15(16)17)13-7-14(10)2/h7-9,12H,3-6H2,1-2H3. The molecular formula is C11H18N4O2. The second-order valence-corrected chi connectivity index (χ2v) is 4.95. The molecule has 2 unspecified atom stereocenters. The minimum absolute atomic E-state index is 0.0847. The fraction of sp³-hybridized carbons (Fsp3) is 0.727. The van der Waals surface area contributed by atoms with Gasteiger partial charge in [-0.15, -0.1) is 0 Å². The van der Waals surface area contributed by atoms with Crippen molar-refractivity contribution in [3.05, 3.63) is 16.4 Å². The predicted octanol–water partition coefficient (Wildman–Crippen LogP) is 2.18. The number of aryl methyl sites for hydroxylation is 1. The molecule has 0 amide bonds. The predicted molar refractivity (Wildman–Crippen MR) is 64.9 cm³/mol. The Morgan fingerprint density at radius 1 is 1.65 bits per heavy atom. The summed E-state index contributed by atoms with van der Waals surface area (Å²) in [6, 6.07) is 0. The summed E-state index contributed by atoms with van der Waals surface area (Å²) in [5.74, 6) is 1.83. The van der Waals surface area contributed by atoms with Crippen LogP contribution in [0.25, 0.3) is 0 Å². The number of nitrogens with one attached hydrogen (secondary N) is 1. The molecule has 1 aliphatic rings. The van der Waals surface area contributed by atoms with Gasteiger partial charge in [-0.25, -0.2) is 0 Å². The number of aromatic nitrogens is 2. The minimum Gasteiger partial charge on any atom is -0.364 e. The summed E-state index contributed by atoms with van der Waals surface area (Å²) >= 11 is 0. The summed E-state index contributed by atoms with van der Waals surface area (Å²) < 4.78 is 1.66. The minimum atomic E-state index is -0.445. The smallest absolute Gasteiger partial charge is 0.364 e. The zero-order valence-corrected chi connectivity index (χ0v) is 10.2. The van der Waals surface area contributed by atoms with Crippen molar-refractivity contribution in [2.45, 2.75) is 26.2 Å². The van der Waals surface area contributed by atoms with E-state index in [2.05, 4.69) is 17.2 Å². The molecule has 0 bridgehead atoms. The lowest BCUT2D eigenvalue weighted by molar-refractivity contribution is -0.388. The zero-order chi connectivity index (χ0) is 12.4. The quantitative estimate of drug-likeness (QED) is 0.644. The van der Waals surface area contributed by atoms with Crippen LogP contribution in [0.4, 0.5) is 11.6 Å². The van der Waals surface area contributed by atoms with E-state index in [1.807, 2.05) is 0 Å². The lowest BCUT2D eigenvalue weighted by Gasteiger charge is -2.11. The molecule has 0 spiro atoms. The fourth-order valence-corrected chi connectivity index (χ4v) is 2.51. The highest BCUT2D eigenvalue weighted by atomic mass is 16.6. The number of rotatable bonds is 4. The Hall–Kier alpha value is -1.59. The fourth-order valence-electron chi connectivity index (χ4n) is 2.51. The molecule has 94 valence electrons. The second-order valence-electron chi connectivity index (χ2n) is 4.95. The van der Waals surface area contributed by atoms with Gasteiger partial charge in [0.05, 0.1) is 0 Å². The molecule has 1 saturated carbocycles. The lowest BCUT2D eigenvalue weighted by atomic mass is 10.1. The Morgan fingerprint density at radius 2 is 2.41 bits per heavy atom. The molecule has 1 aliphatic carbocycles. The van der Waals surface area contributed by atoms with Gasteiger partial charge >= 0.3 is 5.82 Å². The van der Waals surface area contributed by atoms with E-state index in [9.17, 15) is 10.1 Å². The van der Waals surface area contributed by atoms with Crippen molar-refractivity contribution in [3.8, 4) is 0 Å². The Morgan fingerprint density at radius 3 is 3.00 bits per heavy atom. The molecule has 0 aliphatic heterocycles. The summed E-state index contributed by atoms with van der Waals surface area (Å²) in [7, 11) is 1.76. The van der Waals surface area contributed by atoms with Gasteiger partial charge in [0.1, 0.15) is 0 Å². The third kappa shape index (κ3) is 2.57. The Bertz CT molecular complexity index is 416. The van der Waals surface area contributed by atoms with Gasteiger partial charge in [-0.2, -0.15) is 0 Å². The molecule has 2 rings (SSSR count). The van der Waals surface area contributed by atoms with E-state index in [0.717, 1.165) is 12.5 Å². The van der Waals surface area contributed by atoms with Gasteiger partial charge in [0.15, 0.2) is 0 Å². The van der Waals surface area contributed by atoms with Crippen molar-refractivity contribution in [3.63, 3.8) is 0 Å². The van der Waals surface area contributed by atoms with Crippen LogP contribution in [0.1, 0.15) is 26.2 Å². The van der Waals surface area contributed by atoms with Crippen LogP contribution in [-0.2, 0) is 7.05 Å². The van der Waals surface area contributed by atoms with Crippen molar-refractivity contribution < 1.29 is 4.92 Å². The number of hydrogen-bond acceptors (Lipinski definition) is 4. The van der Waals surface area contributed by atoms with E-state index < -0.39 is 4.92 Å². The maximum Gasteiger partial charge on any atom is 0.406 e. The number of anilines is 1. The van der Waals surface area contributed by atoms with Crippen LogP contribution < -0.4 is 5.32 Å². The van der Waals surface area contributed by atoms with E-state index in [4.69, 9.17) is 0 Å². The third-order valence-corrected chi connectivity index (χ3v) is 3.45. The van der Waals surface area contributed by atoms with Gasteiger partial charge in [0.2, 0.25) is 12.1 Å². The third-order valence-electron chi connectivity index (χ3n) is 3.45. The normalized spacial score (nSPS) is 23.9. The van der Waals surface area contributed by atoms with Crippen molar-refractivity contribution in [1.82, 2.24) is 9.55 Å². The molecule has 1 fully saturated rings. The number of nitrogens with zero attached hydrogens (tertiary/aromatic N) is 3. The van der Waals surface area contributed by atoms with Crippen LogP contribution in [0.5, 0.6) is 0 Å². The number of imidazole rings is 1. The summed E-state index contributed by atoms with van der Waals surface area (Å²) in [5, 5.41) is 13.9. The maximum absolute atomic E-state index is 10.8. The van der Waals surface area contributed by atoms with Gasteiger partial charge < -0.3 is 15.4 Å². The molecule has 6 nitrogen and oxygen atoms in total. The highest BCUT2D eigenvalue weighted by Crippen LogP contribution is 2.31. The monoisotopic (exact) mass is 238 g/mol. The SMILES string of the molecule is CC1CCC(CNc2c([N+](=O)[O-])ncn2C)C1. The first-order valence-electron chi connectivity index (χ1n) is 5.97. The van der Waals surface area contributed by atoms with E-state index in [1.54, 1.807) is 11.6 Å².